The van der Waals surface area contributed by atoms with Crippen molar-refractivity contribution >= 4 is 22.6 Å². The van der Waals surface area contributed by atoms with Crippen LogP contribution < -0.4 is 0 Å². The molecule has 1 amide bonds. The van der Waals surface area contributed by atoms with Gasteiger partial charge in [-0.1, -0.05) is 45.2 Å². The van der Waals surface area contributed by atoms with Gasteiger partial charge in [0.2, 0.25) is 0 Å². The highest BCUT2D eigenvalue weighted by Crippen LogP contribution is 2.29. The van der Waals surface area contributed by atoms with Crippen molar-refractivity contribution < 1.29 is 9.72 Å². The summed E-state index contributed by atoms with van der Waals surface area (Å²) in [7, 11) is 0. The van der Waals surface area contributed by atoms with Crippen molar-refractivity contribution in [2.45, 2.75) is 71.8 Å². The van der Waals surface area contributed by atoms with Gasteiger partial charge in [-0.3, -0.25) is 14.9 Å². The van der Waals surface area contributed by atoms with E-state index in [1.807, 2.05) is 29.2 Å². The average molecular weight is 520 g/mol. The molecule has 0 radical (unpaired) electrons. The number of hydrogen-bond donors (Lipinski definition) is 0. The van der Waals surface area contributed by atoms with E-state index in [1.165, 1.54) is 25.3 Å². The quantitative estimate of drug-likeness (QED) is 0.189. The Bertz CT molecular complexity index is 1220. The topological polar surface area (TPSA) is 84.5 Å². The second kappa shape index (κ2) is 13.5. The number of amides is 1. The molecule has 4 rings (SSSR count). The summed E-state index contributed by atoms with van der Waals surface area (Å²) in [6, 6.07) is 12.4. The number of carbonyl (C=O) groups excluding carboxylic acids is 1. The van der Waals surface area contributed by atoms with Crippen LogP contribution in [0.1, 0.15) is 75.6 Å². The van der Waals surface area contributed by atoms with Crippen molar-refractivity contribution in [2.24, 2.45) is 0 Å². The van der Waals surface area contributed by atoms with E-state index in [0.29, 0.717) is 17.0 Å². The second-order valence-corrected chi connectivity index (χ2v) is 10.4. The zero-order chi connectivity index (χ0) is 26.9. The summed E-state index contributed by atoms with van der Waals surface area (Å²) >= 11 is 0. The molecule has 1 fully saturated rings. The first-order valence-electron chi connectivity index (χ1n) is 14.3. The first-order valence-corrected chi connectivity index (χ1v) is 14.3. The first-order chi connectivity index (χ1) is 18.5. The van der Waals surface area contributed by atoms with Crippen molar-refractivity contribution in [3.63, 3.8) is 0 Å². The summed E-state index contributed by atoms with van der Waals surface area (Å²) in [6.07, 6.45) is 8.84. The fraction of sp³-hybridized carbons (Fsp3) is 0.533. The number of imidazole rings is 1. The number of non-ortho nitro benzene ring substituents is 1. The molecule has 2 heterocycles. The van der Waals surface area contributed by atoms with Gasteiger partial charge in [0.15, 0.2) is 0 Å². The third kappa shape index (κ3) is 6.78. The molecule has 8 nitrogen and oxygen atoms in total. The molecule has 2 aromatic carbocycles. The van der Waals surface area contributed by atoms with Crippen LogP contribution in [0.5, 0.6) is 0 Å². The van der Waals surface area contributed by atoms with Gasteiger partial charge in [0.05, 0.1) is 16.0 Å². The van der Waals surface area contributed by atoms with Crippen LogP contribution >= 0.6 is 0 Å². The van der Waals surface area contributed by atoms with Gasteiger partial charge in [-0.15, -0.1) is 0 Å². The van der Waals surface area contributed by atoms with Gasteiger partial charge in [-0.25, -0.2) is 4.98 Å². The van der Waals surface area contributed by atoms with Crippen LogP contribution in [0, 0.1) is 10.1 Å². The van der Waals surface area contributed by atoms with E-state index in [1.54, 1.807) is 12.1 Å². The van der Waals surface area contributed by atoms with Gasteiger partial charge in [-0.05, 0) is 69.9 Å². The maximum Gasteiger partial charge on any atom is 0.270 e. The summed E-state index contributed by atoms with van der Waals surface area (Å²) in [6.45, 7) is 9.85. The van der Waals surface area contributed by atoms with Crippen LogP contribution in [0.3, 0.4) is 0 Å². The molecule has 0 spiro atoms. The average Bonchev–Trinajstić information content (AvgIpc) is 3.31. The number of piperidine rings is 1. The van der Waals surface area contributed by atoms with E-state index >= 15 is 0 Å². The SMILES string of the molecule is CCCCN(CCCC)C(=O)c1ccc2nc(-c3cccc([N+](=O)[O-])c3)n(CCCN3CCCCC3)c2c1. The molecule has 0 unspecified atom stereocenters. The molecule has 0 atom stereocenters. The molecule has 38 heavy (non-hydrogen) atoms. The molecule has 0 saturated carbocycles. The lowest BCUT2D eigenvalue weighted by Crippen LogP contribution is -2.33. The van der Waals surface area contributed by atoms with Crippen LogP contribution in [0.4, 0.5) is 5.69 Å². The van der Waals surface area contributed by atoms with E-state index in [-0.39, 0.29) is 16.5 Å². The van der Waals surface area contributed by atoms with Gasteiger partial charge >= 0.3 is 0 Å². The van der Waals surface area contributed by atoms with Crippen LogP contribution in [0.15, 0.2) is 42.5 Å². The first kappa shape index (κ1) is 27.8. The third-order valence-corrected chi connectivity index (χ3v) is 7.47. The highest BCUT2D eigenvalue weighted by molar-refractivity contribution is 5.98. The summed E-state index contributed by atoms with van der Waals surface area (Å²) in [5.41, 5.74) is 3.14. The molecule has 204 valence electrons. The number of carbonyl (C=O) groups is 1. The number of rotatable bonds is 13. The van der Waals surface area contributed by atoms with Gasteiger partial charge in [0, 0.05) is 42.9 Å². The molecular weight excluding hydrogens is 478 g/mol. The molecular formula is C30H41N5O3. The molecule has 0 N–H and O–H groups in total. The largest absolute Gasteiger partial charge is 0.339 e. The number of nitro groups is 1. The Morgan fingerprint density at radius 1 is 0.974 bits per heavy atom. The van der Waals surface area contributed by atoms with Gasteiger partial charge in [0.25, 0.3) is 11.6 Å². The number of unbranched alkanes of at least 4 members (excludes halogenated alkanes) is 2. The molecule has 8 heteroatoms. The van der Waals surface area contributed by atoms with E-state index in [2.05, 4.69) is 23.3 Å². The zero-order valence-electron chi connectivity index (χ0n) is 22.9. The number of nitro benzene ring substituents is 1. The molecule has 1 saturated heterocycles. The maximum absolute atomic E-state index is 13.5. The van der Waals surface area contributed by atoms with Crippen molar-refractivity contribution in [1.29, 1.82) is 0 Å². The molecule has 0 aliphatic carbocycles. The smallest absolute Gasteiger partial charge is 0.270 e. The van der Waals surface area contributed by atoms with E-state index in [9.17, 15) is 14.9 Å². The summed E-state index contributed by atoms with van der Waals surface area (Å²) in [5, 5.41) is 11.5. The highest BCUT2D eigenvalue weighted by atomic mass is 16.6. The molecule has 0 bridgehead atoms. The Morgan fingerprint density at radius 3 is 2.39 bits per heavy atom. The minimum absolute atomic E-state index is 0.0489. The predicted molar refractivity (Wildman–Crippen MR) is 152 cm³/mol. The molecule has 1 aliphatic heterocycles. The lowest BCUT2D eigenvalue weighted by molar-refractivity contribution is -0.384. The van der Waals surface area contributed by atoms with Crippen LogP contribution in [-0.2, 0) is 6.54 Å². The van der Waals surface area contributed by atoms with Crippen molar-refractivity contribution in [1.82, 2.24) is 19.4 Å². The lowest BCUT2D eigenvalue weighted by atomic mass is 10.1. The van der Waals surface area contributed by atoms with E-state index < -0.39 is 0 Å². The Kier molecular flexibility index (Phi) is 9.87. The van der Waals surface area contributed by atoms with Crippen LogP contribution in [0.2, 0.25) is 0 Å². The monoisotopic (exact) mass is 519 g/mol. The number of nitrogens with zero attached hydrogens (tertiary/aromatic N) is 5. The number of aryl methyl sites for hydroxylation is 1. The van der Waals surface area contributed by atoms with Gasteiger partial charge in [-0.2, -0.15) is 0 Å². The van der Waals surface area contributed by atoms with E-state index in [4.69, 9.17) is 4.98 Å². The minimum Gasteiger partial charge on any atom is -0.339 e. The fourth-order valence-corrected chi connectivity index (χ4v) is 5.29. The Hall–Kier alpha value is -3.26. The van der Waals surface area contributed by atoms with Crippen molar-refractivity contribution in [3.05, 3.63) is 58.1 Å². The Morgan fingerprint density at radius 2 is 1.71 bits per heavy atom. The number of aromatic nitrogens is 2. The third-order valence-electron chi connectivity index (χ3n) is 7.47. The number of benzene rings is 2. The highest BCUT2D eigenvalue weighted by Gasteiger charge is 2.20. The molecule has 3 aromatic rings. The zero-order valence-corrected chi connectivity index (χ0v) is 22.9. The van der Waals surface area contributed by atoms with Gasteiger partial charge < -0.3 is 14.4 Å². The summed E-state index contributed by atoms with van der Waals surface area (Å²) in [5.74, 6) is 0.771. The van der Waals surface area contributed by atoms with Crippen LogP contribution in [-0.4, -0.2) is 62.9 Å². The normalized spacial score (nSPS) is 14.2. The summed E-state index contributed by atoms with van der Waals surface area (Å²) in [4.78, 5) is 34.0. The minimum atomic E-state index is -0.370. The standard InChI is InChI=1S/C30H41N5O3/c1-3-5-19-33(20-6-4-2)30(36)25-14-15-27-28(23-25)34(21-11-18-32-16-8-7-9-17-32)29(31-27)24-12-10-13-26(22-24)35(37)38/h10,12-15,22-23H,3-9,11,16-21H2,1-2H3. The maximum atomic E-state index is 13.5. The van der Waals surface area contributed by atoms with Gasteiger partial charge in [0.1, 0.15) is 5.82 Å². The second-order valence-electron chi connectivity index (χ2n) is 10.4. The predicted octanol–water partition coefficient (Wildman–Crippen LogP) is 6.53. The van der Waals surface area contributed by atoms with Crippen molar-refractivity contribution in [2.75, 3.05) is 32.7 Å². The van der Waals surface area contributed by atoms with Crippen molar-refractivity contribution in [3.8, 4) is 11.4 Å². The van der Waals surface area contributed by atoms with Crippen LogP contribution in [0.25, 0.3) is 22.4 Å². The molecule has 1 aliphatic rings. The Balaban J connectivity index is 1.68. The number of hydrogen-bond acceptors (Lipinski definition) is 5. The fourth-order valence-electron chi connectivity index (χ4n) is 5.29. The number of likely N-dealkylation sites (tertiary alicyclic amines) is 1. The lowest BCUT2D eigenvalue weighted by Gasteiger charge is -2.26. The molecule has 1 aromatic heterocycles. The van der Waals surface area contributed by atoms with E-state index in [0.717, 1.165) is 82.4 Å². The summed E-state index contributed by atoms with van der Waals surface area (Å²) < 4.78 is 2.15. The Labute approximate surface area is 225 Å². The number of fused-ring (bicyclic) bond motifs is 1.